The van der Waals surface area contributed by atoms with Crippen molar-refractivity contribution in [2.45, 2.75) is 20.3 Å². The summed E-state index contributed by atoms with van der Waals surface area (Å²) in [6.45, 7) is 6.19. The molecule has 5 nitrogen and oxygen atoms in total. The van der Waals surface area contributed by atoms with Crippen molar-refractivity contribution in [1.82, 2.24) is 5.32 Å². The molecule has 0 saturated heterocycles. The Morgan fingerprint density at radius 1 is 1.04 bits per heavy atom. The van der Waals surface area contributed by atoms with Crippen LogP contribution in [0.3, 0.4) is 0 Å². The Morgan fingerprint density at radius 3 is 2.64 bits per heavy atom. The third-order valence-electron chi connectivity index (χ3n) is 4.14. The molecule has 0 radical (unpaired) electrons. The normalized spacial score (nSPS) is 13.0. The van der Waals surface area contributed by atoms with Gasteiger partial charge in [-0.3, -0.25) is 4.79 Å². The van der Waals surface area contributed by atoms with Gasteiger partial charge in [-0.2, -0.15) is 0 Å². The molecule has 0 unspecified atom stereocenters. The number of rotatable bonds is 5. The van der Waals surface area contributed by atoms with E-state index in [0.29, 0.717) is 43.4 Å². The Morgan fingerprint density at radius 2 is 1.84 bits per heavy atom. The SMILES string of the molecule is Cc1ccc(OCCNC(=O)c2ccc3c(c2)OCCCO3)cc1C. The third kappa shape index (κ3) is 4.44. The van der Waals surface area contributed by atoms with Gasteiger partial charge in [0.05, 0.1) is 19.8 Å². The molecule has 2 aromatic rings. The van der Waals surface area contributed by atoms with E-state index in [0.717, 1.165) is 12.2 Å². The maximum absolute atomic E-state index is 12.3. The molecule has 132 valence electrons. The molecule has 0 atom stereocenters. The number of ether oxygens (including phenoxy) is 3. The Balaban J connectivity index is 1.50. The van der Waals surface area contributed by atoms with E-state index in [2.05, 4.69) is 12.2 Å². The number of fused-ring (bicyclic) bond motifs is 1. The molecular weight excluding hydrogens is 318 g/mol. The summed E-state index contributed by atoms with van der Waals surface area (Å²) in [7, 11) is 0. The van der Waals surface area contributed by atoms with Crippen LogP contribution in [0.15, 0.2) is 36.4 Å². The molecule has 0 saturated carbocycles. The molecule has 0 aromatic heterocycles. The predicted octanol–water partition coefficient (Wildman–Crippen LogP) is 3.27. The summed E-state index contributed by atoms with van der Waals surface area (Å²) in [6.07, 6.45) is 0.839. The van der Waals surface area contributed by atoms with Gasteiger partial charge in [-0.05, 0) is 55.3 Å². The second-order valence-electron chi connectivity index (χ2n) is 6.06. The topological polar surface area (TPSA) is 56.8 Å². The van der Waals surface area contributed by atoms with Gasteiger partial charge in [-0.25, -0.2) is 0 Å². The van der Waals surface area contributed by atoms with Crippen LogP contribution >= 0.6 is 0 Å². The van der Waals surface area contributed by atoms with Crippen molar-refractivity contribution in [3.05, 3.63) is 53.1 Å². The Hall–Kier alpha value is -2.69. The first kappa shape index (κ1) is 17.1. The number of aryl methyl sites for hydroxylation is 2. The Bertz CT molecular complexity index is 757. The van der Waals surface area contributed by atoms with Crippen LogP contribution in [0.2, 0.25) is 0 Å². The zero-order valence-electron chi connectivity index (χ0n) is 14.6. The van der Waals surface area contributed by atoms with Gasteiger partial charge in [0.1, 0.15) is 12.4 Å². The average molecular weight is 341 g/mol. The third-order valence-corrected chi connectivity index (χ3v) is 4.14. The van der Waals surface area contributed by atoms with Crippen LogP contribution in [0.5, 0.6) is 17.2 Å². The second kappa shape index (κ2) is 7.92. The minimum atomic E-state index is -0.153. The highest BCUT2D eigenvalue weighted by molar-refractivity contribution is 5.94. The molecule has 1 aliphatic heterocycles. The molecule has 1 amide bonds. The highest BCUT2D eigenvalue weighted by Gasteiger charge is 2.13. The molecule has 0 aliphatic carbocycles. The lowest BCUT2D eigenvalue weighted by Gasteiger charge is -2.11. The molecule has 0 bridgehead atoms. The smallest absolute Gasteiger partial charge is 0.251 e. The number of benzene rings is 2. The molecular formula is C20H23NO4. The lowest BCUT2D eigenvalue weighted by atomic mass is 10.1. The molecule has 25 heavy (non-hydrogen) atoms. The molecule has 5 heteroatoms. The van der Waals surface area contributed by atoms with Crippen molar-refractivity contribution in [3.8, 4) is 17.2 Å². The van der Waals surface area contributed by atoms with Gasteiger partial charge in [0.15, 0.2) is 11.5 Å². The second-order valence-corrected chi connectivity index (χ2v) is 6.06. The molecule has 3 rings (SSSR count). The first-order valence-corrected chi connectivity index (χ1v) is 8.51. The number of nitrogens with one attached hydrogen (secondary N) is 1. The quantitative estimate of drug-likeness (QED) is 0.848. The van der Waals surface area contributed by atoms with E-state index >= 15 is 0 Å². The lowest BCUT2D eigenvalue weighted by molar-refractivity contribution is 0.0946. The van der Waals surface area contributed by atoms with Gasteiger partial charge < -0.3 is 19.5 Å². The molecule has 0 fully saturated rings. The van der Waals surface area contributed by atoms with Gasteiger partial charge >= 0.3 is 0 Å². The summed E-state index contributed by atoms with van der Waals surface area (Å²) in [4.78, 5) is 12.3. The van der Waals surface area contributed by atoms with E-state index in [-0.39, 0.29) is 5.91 Å². The average Bonchev–Trinajstić information content (AvgIpc) is 2.86. The highest BCUT2D eigenvalue weighted by atomic mass is 16.5. The monoisotopic (exact) mass is 341 g/mol. The van der Waals surface area contributed by atoms with Crippen LogP contribution in [0.1, 0.15) is 27.9 Å². The van der Waals surface area contributed by atoms with Crippen molar-refractivity contribution in [2.75, 3.05) is 26.4 Å². The van der Waals surface area contributed by atoms with E-state index in [9.17, 15) is 4.79 Å². The molecule has 0 spiro atoms. The standard InChI is InChI=1S/C20H23NO4/c1-14-4-6-17(12-15(14)2)23-11-8-21-20(22)16-5-7-18-19(13-16)25-10-3-9-24-18/h4-7,12-13H,3,8-11H2,1-2H3,(H,21,22). The number of carbonyl (C=O) groups is 1. The maximum Gasteiger partial charge on any atom is 0.251 e. The number of hydrogen-bond donors (Lipinski definition) is 1. The number of carbonyl (C=O) groups excluding carboxylic acids is 1. The minimum absolute atomic E-state index is 0.153. The van der Waals surface area contributed by atoms with E-state index in [4.69, 9.17) is 14.2 Å². The maximum atomic E-state index is 12.3. The van der Waals surface area contributed by atoms with Gasteiger partial charge in [0.2, 0.25) is 0 Å². The minimum Gasteiger partial charge on any atom is -0.492 e. The fourth-order valence-corrected chi connectivity index (χ4v) is 2.54. The molecule has 1 aliphatic rings. The summed E-state index contributed by atoms with van der Waals surface area (Å²) in [5, 5.41) is 2.86. The van der Waals surface area contributed by atoms with Crippen LogP contribution in [-0.4, -0.2) is 32.3 Å². The van der Waals surface area contributed by atoms with E-state index < -0.39 is 0 Å². The Labute approximate surface area is 147 Å². The summed E-state index contributed by atoms with van der Waals surface area (Å²) < 4.78 is 16.9. The van der Waals surface area contributed by atoms with E-state index in [1.807, 2.05) is 25.1 Å². The zero-order valence-corrected chi connectivity index (χ0v) is 14.6. The highest BCUT2D eigenvalue weighted by Crippen LogP contribution is 2.30. The summed E-state index contributed by atoms with van der Waals surface area (Å²) in [5.74, 6) is 1.97. The lowest BCUT2D eigenvalue weighted by Crippen LogP contribution is -2.28. The van der Waals surface area contributed by atoms with Crippen molar-refractivity contribution in [1.29, 1.82) is 0 Å². The largest absolute Gasteiger partial charge is 0.492 e. The fraction of sp³-hybridized carbons (Fsp3) is 0.350. The first-order chi connectivity index (χ1) is 12.1. The van der Waals surface area contributed by atoms with Gasteiger partial charge in [-0.15, -0.1) is 0 Å². The van der Waals surface area contributed by atoms with E-state index in [1.165, 1.54) is 11.1 Å². The van der Waals surface area contributed by atoms with Gasteiger partial charge in [-0.1, -0.05) is 6.07 Å². The zero-order chi connectivity index (χ0) is 17.6. The van der Waals surface area contributed by atoms with Crippen LogP contribution < -0.4 is 19.5 Å². The van der Waals surface area contributed by atoms with Crippen molar-refractivity contribution in [2.24, 2.45) is 0 Å². The van der Waals surface area contributed by atoms with Crippen LogP contribution in [-0.2, 0) is 0 Å². The molecule has 2 aromatic carbocycles. The number of hydrogen-bond acceptors (Lipinski definition) is 4. The fourth-order valence-electron chi connectivity index (χ4n) is 2.54. The van der Waals surface area contributed by atoms with Gasteiger partial charge in [0, 0.05) is 12.0 Å². The number of amides is 1. The Kier molecular flexibility index (Phi) is 5.43. The molecule has 1 N–H and O–H groups in total. The van der Waals surface area contributed by atoms with Crippen molar-refractivity contribution in [3.63, 3.8) is 0 Å². The predicted molar refractivity (Wildman–Crippen MR) is 95.8 cm³/mol. The van der Waals surface area contributed by atoms with Crippen molar-refractivity contribution >= 4 is 5.91 Å². The summed E-state index contributed by atoms with van der Waals surface area (Å²) >= 11 is 0. The van der Waals surface area contributed by atoms with Crippen molar-refractivity contribution < 1.29 is 19.0 Å². The molecule has 1 heterocycles. The van der Waals surface area contributed by atoms with Crippen LogP contribution in [0, 0.1) is 13.8 Å². The summed E-state index contributed by atoms with van der Waals surface area (Å²) in [5.41, 5.74) is 2.97. The van der Waals surface area contributed by atoms with E-state index in [1.54, 1.807) is 18.2 Å². The van der Waals surface area contributed by atoms with Crippen LogP contribution in [0.4, 0.5) is 0 Å². The first-order valence-electron chi connectivity index (χ1n) is 8.51. The van der Waals surface area contributed by atoms with Gasteiger partial charge in [0.25, 0.3) is 5.91 Å². The van der Waals surface area contributed by atoms with Crippen LogP contribution in [0.25, 0.3) is 0 Å². The summed E-state index contributed by atoms with van der Waals surface area (Å²) in [6, 6.07) is 11.2.